The van der Waals surface area contributed by atoms with Gasteiger partial charge in [-0.2, -0.15) is 0 Å². The molecular weight excluding hydrogens is 264 g/mol. The number of hydrogen-bond donors (Lipinski definition) is 0. The number of carbonyl (C=O) groups is 2. The molecule has 4 heteroatoms. The highest BCUT2D eigenvalue weighted by Crippen LogP contribution is 2.32. The highest BCUT2D eigenvalue weighted by atomic mass is 16.2. The van der Waals surface area contributed by atoms with Crippen LogP contribution in [0.5, 0.6) is 0 Å². The van der Waals surface area contributed by atoms with Crippen LogP contribution in [0.2, 0.25) is 0 Å². The van der Waals surface area contributed by atoms with Crippen molar-refractivity contribution in [2.75, 3.05) is 10.0 Å². The number of amides is 2. The van der Waals surface area contributed by atoms with Gasteiger partial charge in [-0.15, -0.1) is 0 Å². The van der Waals surface area contributed by atoms with Crippen LogP contribution in [0.3, 0.4) is 0 Å². The summed E-state index contributed by atoms with van der Waals surface area (Å²) in [5.74, 6) is -0.944. The van der Waals surface area contributed by atoms with Crippen LogP contribution in [-0.2, 0) is 9.59 Å². The summed E-state index contributed by atoms with van der Waals surface area (Å²) in [5.41, 5.74) is 1.41. The first kappa shape index (κ1) is 13.4. The normalized spacial score (nSPS) is 15.9. The Morgan fingerprint density at radius 1 is 0.762 bits per heavy atom. The summed E-state index contributed by atoms with van der Waals surface area (Å²) in [6.07, 6.45) is 0.504. The molecule has 2 amide bonds. The van der Waals surface area contributed by atoms with E-state index in [-0.39, 0.29) is 11.8 Å². The Hall–Kier alpha value is -2.62. The van der Waals surface area contributed by atoms with Crippen molar-refractivity contribution < 1.29 is 9.59 Å². The third-order valence-electron chi connectivity index (χ3n) is 3.62. The monoisotopic (exact) mass is 280 g/mol. The van der Waals surface area contributed by atoms with E-state index >= 15 is 0 Å². The highest BCUT2D eigenvalue weighted by Gasteiger charge is 2.45. The van der Waals surface area contributed by atoms with Crippen LogP contribution in [0.15, 0.2) is 60.7 Å². The number of nitrogens with zero attached hydrogens (tertiary/aromatic N) is 2. The molecular formula is C17H16N2O2. The zero-order valence-electron chi connectivity index (χ0n) is 11.8. The van der Waals surface area contributed by atoms with E-state index < -0.39 is 5.92 Å². The Morgan fingerprint density at radius 3 is 1.48 bits per heavy atom. The molecule has 0 atom stereocenters. The molecule has 2 aromatic carbocycles. The fourth-order valence-electron chi connectivity index (χ4n) is 2.57. The smallest absolute Gasteiger partial charge is 0.258 e. The lowest BCUT2D eigenvalue weighted by Gasteiger charge is -2.27. The molecule has 21 heavy (non-hydrogen) atoms. The van der Waals surface area contributed by atoms with Crippen LogP contribution in [0.25, 0.3) is 0 Å². The van der Waals surface area contributed by atoms with Gasteiger partial charge in [-0.1, -0.05) is 43.3 Å². The summed E-state index contributed by atoms with van der Waals surface area (Å²) in [5, 5.41) is 2.96. The average molecular weight is 280 g/mol. The van der Waals surface area contributed by atoms with Gasteiger partial charge in [0.25, 0.3) is 11.8 Å². The predicted octanol–water partition coefficient (Wildman–Crippen LogP) is 3.01. The lowest BCUT2D eigenvalue weighted by Crippen LogP contribution is -2.41. The van der Waals surface area contributed by atoms with Gasteiger partial charge in [-0.25, -0.2) is 10.0 Å². The van der Waals surface area contributed by atoms with Crippen molar-refractivity contribution in [1.29, 1.82) is 0 Å². The summed E-state index contributed by atoms with van der Waals surface area (Å²) < 4.78 is 0. The van der Waals surface area contributed by atoms with E-state index in [0.29, 0.717) is 17.8 Å². The number of hydrazine groups is 1. The molecule has 0 N–H and O–H groups in total. The molecule has 1 saturated heterocycles. The standard InChI is InChI=1S/C17H16N2O2/c1-2-15-16(20)18(13-9-5-3-6-10-13)19(17(15)21)14-11-7-4-8-12-14/h3-12,15H,2H2,1H3. The van der Waals surface area contributed by atoms with Crippen LogP contribution in [0, 0.1) is 5.92 Å². The summed E-state index contributed by atoms with van der Waals surface area (Å²) >= 11 is 0. The zero-order chi connectivity index (χ0) is 14.8. The van der Waals surface area contributed by atoms with E-state index in [1.54, 1.807) is 0 Å². The lowest BCUT2D eigenvalue weighted by molar-refractivity contribution is -0.127. The van der Waals surface area contributed by atoms with Crippen molar-refractivity contribution in [2.45, 2.75) is 13.3 Å². The van der Waals surface area contributed by atoms with Crippen LogP contribution in [0.1, 0.15) is 13.3 Å². The Kier molecular flexibility index (Phi) is 3.44. The first-order valence-electron chi connectivity index (χ1n) is 7.02. The predicted molar refractivity (Wildman–Crippen MR) is 81.6 cm³/mol. The summed E-state index contributed by atoms with van der Waals surface area (Å²) in [6, 6.07) is 18.5. The van der Waals surface area contributed by atoms with Crippen molar-refractivity contribution in [1.82, 2.24) is 0 Å². The zero-order valence-corrected chi connectivity index (χ0v) is 11.8. The van der Waals surface area contributed by atoms with Crippen molar-refractivity contribution >= 4 is 23.2 Å². The SMILES string of the molecule is CCC1C(=O)N(c2ccccc2)N(c2ccccc2)C1=O. The van der Waals surface area contributed by atoms with Gasteiger partial charge in [0.2, 0.25) is 0 Å². The molecule has 0 saturated carbocycles. The van der Waals surface area contributed by atoms with Gasteiger partial charge in [0.15, 0.2) is 0 Å². The molecule has 1 aliphatic heterocycles. The van der Waals surface area contributed by atoms with E-state index in [1.807, 2.05) is 67.6 Å². The number of para-hydroxylation sites is 2. The van der Waals surface area contributed by atoms with Gasteiger partial charge in [0.05, 0.1) is 11.4 Å². The highest BCUT2D eigenvalue weighted by molar-refractivity contribution is 6.22. The van der Waals surface area contributed by atoms with E-state index in [9.17, 15) is 9.59 Å². The van der Waals surface area contributed by atoms with Crippen molar-refractivity contribution in [3.63, 3.8) is 0 Å². The molecule has 1 aliphatic rings. The van der Waals surface area contributed by atoms with E-state index in [0.717, 1.165) is 0 Å². The topological polar surface area (TPSA) is 40.6 Å². The molecule has 4 nitrogen and oxygen atoms in total. The summed E-state index contributed by atoms with van der Waals surface area (Å²) in [7, 11) is 0. The second-order valence-electron chi connectivity index (χ2n) is 4.93. The van der Waals surface area contributed by atoms with E-state index in [1.165, 1.54) is 10.0 Å². The molecule has 0 aromatic heterocycles. The van der Waals surface area contributed by atoms with Crippen LogP contribution >= 0.6 is 0 Å². The van der Waals surface area contributed by atoms with Gasteiger partial charge in [-0.3, -0.25) is 9.59 Å². The summed E-state index contributed by atoms with van der Waals surface area (Å²) in [4.78, 5) is 25.2. The van der Waals surface area contributed by atoms with E-state index in [2.05, 4.69) is 0 Å². The van der Waals surface area contributed by atoms with Gasteiger partial charge in [-0.05, 0) is 30.7 Å². The molecule has 1 heterocycles. The fraction of sp³-hybridized carbons (Fsp3) is 0.176. The minimum absolute atomic E-state index is 0.169. The Balaban J connectivity index is 2.10. The molecule has 0 unspecified atom stereocenters. The molecule has 0 aliphatic carbocycles. The van der Waals surface area contributed by atoms with Crippen molar-refractivity contribution in [3.8, 4) is 0 Å². The minimum atomic E-state index is -0.606. The average Bonchev–Trinajstić information content (AvgIpc) is 2.79. The second kappa shape index (κ2) is 5.40. The van der Waals surface area contributed by atoms with Crippen LogP contribution < -0.4 is 10.0 Å². The number of rotatable bonds is 3. The van der Waals surface area contributed by atoms with Crippen molar-refractivity contribution in [3.05, 3.63) is 60.7 Å². The Labute approximate surface area is 123 Å². The molecule has 0 spiro atoms. The van der Waals surface area contributed by atoms with Gasteiger partial charge in [0, 0.05) is 0 Å². The molecule has 0 bridgehead atoms. The van der Waals surface area contributed by atoms with Crippen LogP contribution in [-0.4, -0.2) is 11.8 Å². The molecule has 1 fully saturated rings. The van der Waals surface area contributed by atoms with Crippen LogP contribution in [0.4, 0.5) is 11.4 Å². The maximum absolute atomic E-state index is 12.6. The summed E-state index contributed by atoms with van der Waals surface area (Å²) in [6.45, 7) is 1.86. The Bertz CT molecular complexity index is 598. The van der Waals surface area contributed by atoms with Crippen molar-refractivity contribution in [2.24, 2.45) is 5.92 Å². The third kappa shape index (κ3) is 2.18. The number of benzene rings is 2. The molecule has 106 valence electrons. The van der Waals surface area contributed by atoms with Gasteiger partial charge in [0.1, 0.15) is 5.92 Å². The maximum Gasteiger partial charge on any atom is 0.258 e. The van der Waals surface area contributed by atoms with Gasteiger partial charge >= 0.3 is 0 Å². The second-order valence-corrected chi connectivity index (χ2v) is 4.93. The Morgan fingerprint density at radius 2 is 1.14 bits per heavy atom. The first-order valence-corrected chi connectivity index (χ1v) is 7.02. The van der Waals surface area contributed by atoms with E-state index in [4.69, 9.17) is 0 Å². The lowest BCUT2D eigenvalue weighted by atomic mass is 10.1. The number of carbonyl (C=O) groups excluding carboxylic acids is 2. The minimum Gasteiger partial charge on any atom is -0.272 e. The quantitative estimate of drug-likeness (QED) is 0.811. The molecule has 0 radical (unpaired) electrons. The first-order chi connectivity index (χ1) is 10.2. The molecule has 2 aromatic rings. The molecule has 3 rings (SSSR count). The number of anilines is 2. The van der Waals surface area contributed by atoms with Gasteiger partial charge < -0.3 is 0 Å². The third-order valence-corrected chi connectivity index (χ3v) is 3.62. The maximum atomic E-state index is 12.6. The largest absolute Gasteiger partial charge is 0.272 e. The fourth-order valence-corrected chi connectivity index (χ4v) is 2.57. The number of hydrogen-bond acceptors (Lipinski definition) is 2.